The molecule has 1 atom stereocenters. The van der Waals surface area contributed by atoms with Gasteiger partial charge in [0.25, 0.3) is 0 Å². The fourth-order valence-electron chi connectivity index (χ4n) is 4.86. The molecule has 27 heavy (non-hydrogen) atoms. The molecular weight excluding hydrogens is 340 g/mol. The fraction of sp³-hybridized carbons (Fsp3) is 0.571. The zero-order valence-electron chi connectivity index (χ0n) is 15.8. The number of hydrogen-bond donors (Lipinski definition) is 0. The molecule has 5 rings (SSSR count). The molecule has 1 aromatic heterocycles. The van der Waals surface area contributed by atoms with Gasteiger partial charge in [0.15, 0.2) is 0 Å². The van der Waals surface area contributed by atoms with Crippen molar-refractivity contribution in [3.05, 3.63) is 42.0 Å². The molecule has 142 valence electrons. The highest BCUT2D eigenvalue weighted by Crippen LogP contribution is 2.56. The maximum Gasteiger partial charge on any atom is 0.227 e. The van der Waals surface area contributed by atoms with Crippen LogP contribution < -0.4 is 4.74 Å². The minimum atomic E-state index is 0.203. The zero-order valence-corrected chi connectivity index (χ0v) is 15.8. The highest BCUT2D eigenvalue weighted by Gasteiger charge is 2.54. The summed E-state index contributed by atoms with van der Waals surface area (Å²) in [7, 11) is 1.66. The maximum atomic E-state index is 13.0. The summed E-state index contributed by atoms with van der Waals surface area (Å²) in [6.45, 7) is 1.63. The topological polar surface area (TPSA) is 60.2 Å². The molecule has 3 aliphatic rings. The first-order chi connectivity index (χ1) is 13.2. The minimum absolute atomic E-state index is 0.203. The van der Waals surface area contributed by atoms with E-state index in [0.29, 0.717) is 18.4 Å². The minimum Gasteiger partial charge on any atom is -0.497 e. The molecule has 2 saturated carbocycles. The van der Waals surface area contributed by atoms with Crippen molar-refractivity contribution in [2.24, 2.45) is 5.41 Å². The summed E-state index contributed by atoms with van der Waals surface area (Å²) in [4.78, 5) is 15.1. The van der Waals surface area contributed by atoms with Crippen LogP contribution in [0.3, 0.4) is 0 Å². The molecule has 0 N–H and O–H groups in total. The van der Waals surface area contributed by atoms with Crippen molar-refractivity contribution in [3.8, 4) is 5.75 Å². The van der Waals surface area contributed by atoms with Gasteiger partial charge in [-0.3, -0.25) is 4.79 Å². The summed E-state index contributed by atoms with van der Waals surface area (Å²) in [5.41, 5.74) is 1.22. The molecule has 6 nitrogen and oxygen atoms in total. The number of aromatic nitrogens is 3. The van der Waals surface area contributed by atoms with Gasteiger partial charge in [0.2, 0.25) is 5.91 Å². The zero-order chi connectivity index (χ0) is 18.4. The van der Waals surface area contributed by atoms with Crippen molar-refractivity contribution in [1.29, 1.82) is 0 Å². The number of amides is 1. The summed E-state index contributed by atoms with van der Waals surface area (Å²) in [5.74, 6) is 2.43. The van der Waals surface area contributed by atoms with Crippen LogP contribution in [0.15, 0.2) is 30.6 Å². The lowest BCUT2D eigenvalue weighted by atomic mass is 9.62. The standard InChI is InChI=1S/C21H26N4O2/c1-27-17-5-2-4-15(10-17)11-19(26)24-12-18(21(13-24)8-3-9-21)20-23-22-14-25(20)16-6-7-16/h2,4-5,10,14,16,18H,3,6-9,11-13H2,1H3. The molecule has 6 heteroatoms. The fourth-order valence-corrected chi connectivity index (χ4v) is 4.86. The van der Waals surface area contributed by atoms with Gasteiger partial charge in [-0.25, -0.2) is 0 Å². The van der Waals surface area contributed by atoms with Crippen LogP contribution in [-0.4, -0.2) is 45.8 Å². The molecule has 1 aromatic carbocycles. The molecule has 1 saturated heterocycles. The van der Waals surface area contributed by atoms with Crippen molar-refractivity contribution >= 4 is 5.91 Å². The van der Waals surface area contributed by atoms with E-state index < -0.39 is 0 Å². The smallest absolute Gasteiger partial charge is 0.227 e. The number of rotatable bonds is 5. The lowest BCUT2D eigenvalue weighted by molar-refractivity contribution is -0.130. The Morgan fingerprint density at radius 2 is 2.19 bits per heavy atom. The van der Waals surface area contributed by atoms with Crippen LogP contribution in [0.25, 0.3) is 0 Å². The average Bonchev–Trinajstić information content (AvgIpc) is 3.23. The SMILES string of the molecule is COc1cccc(CC(=O)N2CC(c3nncn3C3CC3)C3(CCC3)C2)c1. The Hall–Kier alpha value is -2.37. The van der Waals surface area contributed by atoms with Crippen LogP contribution in [-0.2, 0) is 11.2 Å². The number of likely N-dealkylation sites (tertiary alicyclic amines) is 1. The molecule has 2 aromatic rings. The number of carbonyl (C=O) groups excluding carboxylic acids is 1. The van der Waals surface area contributed by atoms with E-state index in [9.17, 15) is 4.79 Å². The monoisotopic (exact) mass is 366 g/mol. The van der Waals surface area contributed by atoms with Crippen LogP contribution in [0.1, 0.15) is 55.5 Å². The second-order valence-corrected chi connectivity index (χ2v) is 8.40. The van der Waals surface area contributed by atoms with E-state index in [1.54, 1.807) is 7.11 Å². The van der Waals surface area contributed by atoms with Gasteiger partial charge in [0.05, 0.1) is 13.5 Å². The van der Waals surface area contributed by atoms with E-state index in [0.717, 1.165) is 30.2 Å². The third-order valence-corrected chi connectivity index (χ3v) is 6.69. The third-order valence-electron chi connectivity index (χ3n) is 6.69. The Balaban J connectivity index is 1.35. The Labute approximate surface area is 159 Å². The van der Waals surface area contributed by atoms with Crippen LogP contribution in [0.4, 0.5) is 0 Å². The van der Waals surface area contributed by atoms with E-state index in [1.807, 2.05) is 30.6 Å². The lowest BCUT2D eigenvalue weighted by Gasteiger charge is -2.42. The van der Waals surface area contributed by atoms with Crippen molar-refractivity contribution in [2.45, 2.75) is 50.5 Å². The predicted octanol–water partition coefficient (Wildman–Crippen LogP) is 2.96. The Bertz CT molecular complexity index is 853. The molecule has 0 bridgehead atoms. The normalized spacial score (nSPS) is 23.4. The van der Waals surface area contributed by atoms with E-state index in [-0.39, 0.29) is 11.3 Å². The van der Waals surface area contributed by atoms with Crippen LogP contribution in [0.5, 0.6) is 5.75 Å². The van der Waals surface area contributed by atoms with Crippen LogP contribution >= 0.6 is 0 Å². The quantitative estimate of drug-likeness (QED) is 0.816. The van der Waals surface area contributed by atoms with Gasteiger partial charge in [-0.2, -0.15) is 0 Å². The molecule has 3 fully saturated rings. The van der Waals surface area contributed by atoms with Crippen molar-refractivity contribution in [2.75, 3.05) is 20.2 Å². The number of methoxy groups -OCH3 is 1. The molecule has 1 aliphatic heterocycles. The van der Waals surface area contributed by atoms with Crippen molar-refractivity contribution < 1.29 is 9.53 Å². The second-order valence-electron chi connectivity index (χ2n) is 8.40. The Morgan fingerprint density at radius 3 is 2.89 bits per heavy atom. The summed E-state index contributed by atoms with van der Waals surface area (Å²) >= 11 is 0. The molecule has 1 unspecified atom stereocenters. The Kier molecular flexibility index (Phi) is 3.95. The molecule has 1 amide bonds. The van der Waals surface area contributed by atoms with Gasteiger partial charge in [0.1, 0.15) is 17.9 Å². The molecule has 1 spiro atoms. The van der Waals surface area contributed by atoms with Crippen molar-refractivity contribution in [1.82, 2.24) is 19.7 Å². The van der Waals surface area contributed by atoms with Gasteiger partial charge in [0, 0.05) is 25.0 Å². The number of carbonyl (C=O) groups is 1. The van der Waals surface area contributed by atoms with E-state index in [4.69, 9.17) is 4.74 Å². The first-order valence-corrected chi connectivity index (χ1v) is 9.99. The second kappa shape index (κ2) is 6.36. The molecule has 2 aliphatic carbocycles. The van der Waals surface area contributed by atoms with E-state index >= 15 is 0 Å². The maximum absolute atomic E-state index is 13.0. The molecular formula is C21H26N4O2. The molecule has 0 radical (unpaired) electrons. The van der Waals surface area contributed by atoms with E-state index in [1.165, 1.54) is 32.1 Å². The first kappa shape index (κ1) is 16.8. The van der Waals surface area contributed by atoms with Gasteiger partial charge in [-0.15, -0.1) is 10.2 Å². The number of hydrogen-bond acceptors (Lipinski definition) is 4. The highest BCUT2D eigenvalue weighted by atomic mass is 16.5. The summed E-state index contributed by atoms with van der Waals surface area (Å²) < 4.78 is 7.56. The van der Waals surface area contributed by atoms with Crippen LogP contribution in [0.2, 0.25) is 0 Å². The number of benzene rings is 1. The number of nitrogens with zero attached hydrogens (tertiary/aromatic N) is 4. The summed E-state index contributed by atoms with van der Waals surface area (Å²) in [6, 6.07) is 8.38. The summed E-state index contributed by atoms with van der Waals surface area (Å²) in [5, 5.41) is 8.70. The van der Waals surface area contributed by atoms with Gasteiger partial charge in [-0.1, -0.05) is 18.6 Å². The van der Waals surface area contributed by atoms with Crippen LogP contribution in [0, 0.1) is 5.41 Å². The third kappa shape index (κ3) is 2.91. The summed E-state index contributed by atoms with van der Waals surface area (Å²) in [6.07, 6.45) is 8.41. The van der Waals surface area contributed by atoms with Crippen molar-refractivity contribution in [3.63, 3.8) is 0 Å². The largest absolute Gasteiger partial charge is 0.497 e. The van der Waals surface area contributed by atoms with E-state index in [2.05, 4.69) is 19.7 Å². The average molecular weight is 366 g/mol. The highest BCUT2D eigenvalue weighted by molar-refractivity contribution is 5.79. The molecule has 2 heterocycles. The first-order valence-electron chi connectivity index (χ1n) is 9.99. The lowest BCUT2D eigenvalue weighted by Crippen LogP contribution is -2.38. The van der Waals surface area contributed by atoms with Gasteiger partial charge >= 0.3 is 0 Å². The van der Waals surface area contributed by atoms with Gasteiger partial charge in [-0.05, 0) is 48.8 Å². The Morgan fingerprint density at radius 1 is 1.33 bits per heavy atom. The number of ether oxygens (including phenoxy) is 1. The van der Waals surface area contributed by atoms with Gasteiger partial charge < -0.3 is 14.2 Å². The predicted molar refractivity (Wildman–Crippen MR) is 101 cm³/mol.